The van der Waals surface area contributed by atoms with Gasteiger partial charge >= 0.3 is 0 Å². The molecule has 0 aromatic heterocycles. The molecule has 1 aliphatic heterocycles. The number of hydrogen-bond donors (Lipinski definition) is 0. The van der Waals surface area contributed by atoms with Crippen LogP contribution in [0.5, 0.6) is 0 Å². The highest BCUT2D eigenvalue weighted by Gasteiger charge is 2.45. The average molecular weight is 229 g/mol. The summed E-state index contributed by atoms with van der Waals surface area (Å²) < 4.78 is 0. The fourth-order valence-corrected chi connectivity index (χ4v) is 3.56. The molecule has 90 valence electrons. The number of nitrogens with zero attached hydrogens (tertiary/aromatic N) is 1. The van der Waals surface area contributed by atoms with Crippen molar-refractivity contribution in [1.82, 2.24) is 4.90 Å². The van der Waals surface area contributed by atoms with Gasteiger partial charge in [-0.3, -0.25) is 4.79 Å². The van der Waals surface area contributed by atoms with Gasteiger partial charge in [0.05, 0.1) is 0 Å². The van der Waals surface area contributed by atoms with Crippen molar-refractivity contribution >= 4 is 5.91 Å². The number of benzene rings is 1. The minimum Gasteiger partial charge on any atom is -0.340 e. The summed E-state index contributed by atoms with van der Waals surface area (Å²) in [6.07, 6.45) is 2.37. The molecule has 0 radical (unpaired) electrons. The molecule has 1 saturated heterocycles. The molecule has 0 unspecified atom stereocenters. The van der Waals surface area contributed by atoms with Crippen LogP contribution < -0.4 is 0 Å². The minimum absolute atomic E-state index is 0.250. The molecule has 2 aliphatic rings. The van der Waals surface area contributed by atoms with Gasteiger partial charge in [0.1, 0.15) is 0 Å². The van der Waals surface area contributed by atoms with E-state index in [9.17, 15) is 4.79 Å². The van der Waals surface area contributed by atoms with Crippen molar-refractivity contribution in [2.24, 2.45) is 5.92 Å². The number of carbonyl (C=O) groups is 1. The zero-order chi connectivity index (χ0) is 12.0. The van der Waals surface area contributed by atoms with Crippen LogP contribution in [0.3, 0.4) is 0 Å². The standard InChI is InChI=1S/C15H19NO/c1-10-3-5-12(6-4-10)15-8-14-7-13(15)9-16(14)11(2)17/h3-6,13-15H,7-9H2,1-2H3/t13-,14-,15-/m0/s1. The van der Waals surface area contributed by atoms with Crippen LogP contribution >= 0.6 is 0 Å². The summed E-state index contributed by atoms with van der Waals surface area (Å²) in [5, 5.41) is 0. The van der Waals surface area contributed by atoms with Crippen molar-refractivity contribution in [2.75, 3.05) is 6.54 Å². The molecule has 3 rings (SSSR count). The van der Waals surface area contributed by atoms with Gasteiger partial charge in [-0.25, -0.2) is 0 Å². The van der Waals surface area contributed by atoms with E-state index in [4.69, 9.17) is 0 Å². The van der Waals surface area contributed by atoms with Gasteiger partial charge in [0.25, 0.3) is 0 Å². The number of piperidine rings is 1. The fraction of sp³-hybridized carbons (Fsp3) is 0.533. The summed E-state index contributed by atoms with van der Waals surface area (Å²) in [5.41, 5.74) is 2.79. The van der Waals surface area contributed by atoms with Crippen molar-refractivity contribution in [3.05, 3.63) is 35.4 Å². The Morgan fingerprint density at radius 2 is 1.94 bits per heavy atom. The summed E-state index contributed by atoms with van der Waals surface area (Å²) in [6.45, 7) is 4.79. The van der Waals surface area contributed by atoms with Gasteiger partial charge in [0.2, 0.25) is 5.91 Å². The third-order valence-electron chi connectivity index (χ3n) is 4.45. The third-order valence-corrected chi connectivity index (χ3v) is 4.45. The topological polar surface area (TPSA) is 20.3 Å². The number of hydrogen-bond acceptors (Lipinski definition) is 1. The van der Waals surface area contributed by atoms with E-state index in [2.05, 4.69) is 36.1 Å². The van der Waals surface area contributed by atoms with Gasteiger partial charge in [-0.1, -0.05) is 29.8 Å². The second-order valence-corrected chi connectivity index (χ2v) is 5.57. The molecule has 1 amide bonds. The Hall–Kier alpha value is -1.31. The maximum Gasteiger partial charge on any atom is 0.219 e. The van der Waals surface area contributed by atoms with Crippen LogP contribution in [0.4, 0.5) is 0 Å². The molecule has 1 aromatic carbocycles. The van der Waals surface area contributed by atoms with Gasteiger partial charge in [-0.2, -0.15) is 0 Å². The van der Waals surface area contributed by atoms with Crippen molar-refractivity contribution < 1.29 is 4.79 Å². The Labute approximate surface area is 103 Å². The van der Waals surface area contributed by atoms with Crippen LogP contribution in [0.25, 0.3) is 0 Å². The summed E-state index contributed by atoms with van der Waals surface area (Å²) in [4.78, 5) is 13.5. The van der Waals surface area contributed by atoms with Crippen LogP contribution in [0, 0.1) is 12.8 Å². The Morgan fingerprint density at radius 3 is 2.47 bits per heavy atom. The Morgan fingerprint density at radius 1 is 1.24 bits per heavy atom. The van der Waals surface area contributed by atoms with Crippen LogP contribution in [-0.2, 0) is 4.79 Å². The first-order valence-electron chi connectivity index (χ1n) is 6.49. The minimum atomic E-state index is 0.250. The van der Waals surface area contributed by atoms with Gasteiger partial charge in [0, 0.05) is 19.5 Å². The number of aryl methyl sites for hydroxylation is 1. The summed E-state index contributed by atoms with van der Waals surface area (Å²) in [6, 6.07) is 9.43. The van der Waals surface area contributed by atoms with Gasteiger partial charge in [-0.15, -0.1) is 0 Å². The molecule has 2 fully saturated rings. The number of rotatable bonds is 1. The number of amides is 1. The molecule has 1 aliphatic carbocycles. The summed E-state index contributed by atoms with van der Waals surface area (Å²) >= 11 is 0. The molecular formula is C15H19NO. The van der Waals surface area contributed by atoms with Crippen molar-refractivity contribution in [3.8, 4) is 0 Å². The Bertz CT molecular complexity index is 437. The molecule has 2 bridgehead atoms. The van der Waals surface area contributed by atoms with Crippen molar-refractivity contribution in [3.63, 3.8) is 0 Å². The lowest BCUT2D eigenvalue weighted by Crippen LogP contribution is -2.38. The molecule has 0 N–H and O–H groups in total. The van der Waals surface area contributed by atoms with E-state index in [1.807, 2.05) is 0 Å². The molecule has 0 spiro atoms. The quantitative estimate of drug-likeness (QED) is 0.725. The van der Waals surface area contributed by atoms with E-state index in [1.54, 1.807) is 6.92 Å². The van der Waals surface area contributed by atoms with E-state index < -0.39 is 0 Å². The highest BCUT2D eigenvalue weighted by Crippen LogP contribution is 2.47. The monoisotopic (exact) mass is 229 g/mol. The van der Waals surface area contributed by atoms with Gasteiger partial charge < -0.3 is 4.90 Å². The maximum absolute atomic E-state index is 11.4. The first kappa shape index (κ1) is 10.8. The van der Waals surface area contributed by atoms with Crippen LogP contribution in [0.1, 0.15) is 36.8 Å². The summed E-state index contributed by atoms with van der Waals surface area (Å²) in [5.74, 6) is 1.61. The molecule has 1 aromatic rings. The third kappa shape index (κ3) is 1.76. The van der Waals surface area contributed by atoms with E-state index in [0.29, 0.717) is 17.9 Å². The number of carbonyl (C=O) groups excluding carboxylic acids is 1. The van der Waals surface area contributed by atoms with Crippen molar-refractivity contribution in [1.29, 1.82) is 0 Å². The highest BCUT2D eigenvalue weighted by atomic mass is 16.2. The predicted molar refractivity (Wildman–Crippen MR) is 67.8 cm³/mol. The Kier molecular flexibility index (Phi) is 2.46. The van der Waals surface area contributed by atoms with E-state index in [0.717, 1.165) is 13.0 Å². The SMILES string of the molecule is CC(=O)N1C[C@@H]2C[C@H]1C[C@H]2c1ccc(C)cc1. The largest absolute Gasteiger partial charge is 0.340 e. The molecule has 2 nitrogen and oxygen atoms in total. The van der Waals surface area contributed by atoms with Crippen molar-refractivity contribution in [2.45, 2.75) is 38.6 Å². The normalized spacial score (nSPS) is 30.9. The number of likely N-dealkylation sites (tertiary alicyclic amines) is 1. The highest BCUT2D eigenvalue weighted by molar-refractivity contribution is 5.74. The van der Waals surface area contributed by atoms with Crippen LogP contribution in [-0.4, -0.2) is 23.4 Å². The first-order valence-corrected chi connectivity index (χ1v) is 6.49. The predicted octanol–water partition coefficient (Wildman–Crippen LogP) is 2.72. The molecule has 1 heterocycles. The molecule has 2 heteroatoms. The van der Waals surface area contributed by atoms with Crippen LogP contribution in [0.15, 0.2) is 24.3 Å². The lowest BCUT2D eigenvalue weighted by Gasteiger charge is -2.31. The Balaban J connectivity index is 1.78. The zero-order valence-corrected chi connectivity index (χ0v) is 10.5. The van der Waals surface area contributed by atoms with E-state index in [-0.39, 0.29) is 5.91 Å². The van der Waals surface area contributed by atoms with Crippen LogP contribution in [0.2, 0.25) is 0 Å². The van der Waals surface area contributed by atoms with Gasteiger partial charge in [0.15, 0.2) is 0 Å². The lowest BCUT2D eigenvalue weighted by molar-refractivity contribution is -0.130. The van der Waals surface area contributed by atoms with E-state index >= 15 is 0 Å². The second kappa shape index (κ2) is 3.86. The average Bonchev–Trinajstić information content (AvgIpc) is 2.89. The van der Waals surface area contributed by atoms with E-state index in [1.165, 1.54) is 17.5 Å². The lowest BCUT2D eigenvalue weighted by atomic mass is 9.87. The van der Waals surface area contributed by atoms with Gasteiger partial charge in [-0.05, 0) is 37.2 Å². The smallest absolute Gasteiger partial charge is 0.219 e. The molecule has 1 saturated carbocycles. The summed E-state index contributed by atoms with van der Waals surface area (Å²) in [7, 11) is 0. The first-order chi connectivity index (χ1) is 8.15. The molecule has 3 atom stereocenters. The fourth-order valence-electron chi connectivity index (χ4n) is 3.56. The molecule has 17 heavy (non-hydrogen) atoms. The zero-order valence-electron chi connectivity index (χ0n) is 10.5. The number of fused-ring (bicyclic) bond motifs is 2. The molecular weight excluding hydrogens is 210 g/mol. The second-order valence-electron chi connectivity index (χ2n) is 5.57. The maximum atomic E-state index is 11.4.